The van der Waals surface area contributed by atoms with E-state index in [-0.39, 0.29) is 18.2 Å². The molecular formula is C18H15F2N3O2. The third-order valence-electron chi connectivity index (χ3n) is 3.49. The lowest BCUT2D eigenvalue weighted by molar-refractivity contribution is 0.102. The molecule has 0 unspecified atom stereocenters. The van der Waals surface area contributed by atoms with E-state index in [4.69, 9.17) is 4.74 Å². The molecule has 0 aliphatic rings. The van der Waals surface area contributed by atoms with Gasteiger partial charge in [0.25, 0.3) is 5.91 Å². The summed E-state index contributed by atoms with van der Waals surface area (Å²) in [6.07, 6.45) is 1.53. The van der Waals surface area contributed by atoms with Crippen LogP contribution in [0, 0.1) is 18.6 Å². The van der Waals surface area contributed by atoms with Crippen LogP contribution in [0.1, 0.15) is 16.1 Å². The quantitative estimate of drug-likeness (QED) is 0.767. The topological polar surface area (TPSA) is 56.2 Å². The molecule has 128 valence electrons. The van der Waals surface area contributed by atoms with Gasteiger partial charge in [-0.05, 0) is 42.8 Å². The Morgan fingerprint density at radius 1 is 1.16 bits per heavy atom. The number of aromatic nitrogens is 2. The van der Waals surface area contributed by atoms with Gasteiger partial charge in [0.1, 0.15) is 5.82 Å². The summed E-state index contributed by atoms with van der Waals surface area (Å²) in [4.78, 5) is 12.1. The van der Waals surface area contributed by atoms with Gasteiger partial charge in [0.05, 0.1) is 0 Å². The van der Waals surface area contributed by atoms with Gasteiger partial charge in [-0.3, -0.25) is 4.79 Å². The number of halogens is 2. The monoisotopic (exact) mass is 343 g/mol. The minimum Gasteiger partial charge on any atom is -0.468 e. The summed E-state index contributed by atoms with van der Waals surface area (Å²) in [5.41, 5.74) is 0.968. The Kier molecular flexibility index (Phi) is 4.74. The van der Waals surface area contributed by atoms with E-state index in [0.717, 1.165) is 0 Å². The molecular weight excluding hydrogens is 328 g/mol. The average molecular weight is 343 g/mol. The number of hydrogen-bond acceptors (Lipinski definition) is 3. The number of nitrogens with zero attached hydrogens (tertiary/aromatic N) is 2. The fraction of sp³-hybridized carbons (Fsp3) is 0.111. The first-order valence-electron chi connectivity index (χ1n) is 7.51. The lowest BCUT2D eigenvalue weighted by atomic mass is 10.2. The molecule has 7 heteroatoms. The minimum absolute atomic E-state index is 0.0482. The summed E-state index contributed by atoms with van der Waals surface area (Å²) in [5.74, 6) is -1.26. The van der Waals surface area contributed by atoms with Crippen LogP contribution < -0.4 is 10.1 Å². The summed E-state index contributed by atoms with van der Waals surface area (Å²) >= 11 is 0. The average Bonchev–Trinajstić information content (AvgIpc) is 3.07. The lowest BCUT2D eigenvalue weighted by Gasteiger charge is -2.07. The van der Waals surface area contributed by atoms with Gasteiger partial charge in [-0.15, -0.1) is 0 Å². The van der Waals surface area contributed by atoms with Crippen molar-refractivity contribution in [2.45, 2.75) is 13.7 Å². The van der Waals surface area contributed by atoms with Crippen LogP contribution >= 0.6 is 0 Å². The molecule has 1 heterocycles. The van der Waals surface area contributed by atoms with E-state index in [9.17, 15) is 13.6 Å². The smallest absolute Gasteiger partial charge is 0.276 e. The second-order valence-electron chi connectivity index (χ2n) is 5.36. The molecule has 1 aromatic heterocycles. The number of para-hydroxylation sites is 1. The molecule has 0 aliphatic carbocycles. The van der Waals surface area contributed by atoms with Crippen molar-refractivity contribution in [2.75, 3.05) is 5.32 Å². The molecule has 2 aromatic carbocycles. The fourth-order valence-corrected chi connectivity index (χ4v) is 2.12. The third kappa shape index (κ3) is 4.00. The molecule has 0 atom stereocenters. The first-order chi connectivity index (χ1) is 12.0. The highest BCUT2D eigenvalue weighted by atomic mass is 19.1. The maximum Gasteiger partial charge on any atom is 0.276 e. The Labute approximate surface area is 142 Å². The molecule has 1 N–H and O–H groups in total. The highest BCUT2D eigenvalue weighted by Gasteiger charge is 2.11. The Morgan fingerprint density at radius 3 is 2.72 bits per heavy atom. The predicted octanol–water partition coefficient (Wildman–Crippen LogP) is 3.76. The van der Waals surface area contributed by atoms with Crippen molar-refractivity contribution in [3.8, 4) is 5.75 Å². The van der Waals surface area contributed by atoms with E-state index in [0.29, 0.717) is 11.3 Å². The summed E-state index contributed by atoms with van der Waals surface area (Å²) in [6.45, 7) is 1.59. The fourth-order valence-electron chi connectivity index (χ4n) is 2.12. The van der Waals surface area contributed by atoms with Crippen LogP contribution in [0.4, 0.5) is 14.5 Å². The van der Waals surface area contributed by atoms with Crippen LogP contribution in [0.25, 0.3) is 0 Å². The third-order valence-corrected chi connectivity index (χ3v) is 3.49. The number of amides is 1. The van der Waals surface area contributed by atoms with Crippen LogP contribution in [0.15, 0.2) is 54.7 Å². The molecule has 3 aromatic rings. The van der Waals surface area contributed by atoms with E-state index in [1.165, 1.54) is 35.1 Å². The van der Waals surface area contributed by atoms with Gasteiger partial charge in [0.15, 0.2) is 24.0 Å². The minimum atomic E-state index is -0.479. The largest absolute Gasteiger partial charge is 0.468 e. The standard InChI is InChI=1S/C18H15F2N3O2/c1-12-6-7-13(10-15(12)20)21-18(24)16-8-9-23(22-16)11-25-17-5-3-2-4-14(17)19/h2-10H,11H2,1H3,(H,21,24). The van der Waals surface area contributed by atoms with E-state index in [1.54, 1.807) is 31.2 Å². The number of carbonyl (C=O) groups is 1. The first-order valence-corrected chi connectivity index (χ1v) is 7.51. The number of carbonyl (C=O) groups excluding carboxylic acids is 1. The van der Waals surface area contributed by atoms with E-state index in [2.05, 4.69) is 10.4 Å². The summed E-state index contributed by atoms with van der Waals surface area (Å²) in [5, 5.41) is 6.62. The zero-order valence-corrected chi connectivity index (χ0v) is 13.4. The first kappa shape index (κ1) is 16.6. The Hall–Kier alpha value is -3.22. The van der Waals surface area contributed by atoms with Gasteiger partial charge in [0.2, 0.25) is 0 Å². The number of aryl methyl sites for hydroxylation is 1. The molecule has 0 radical (unpaired) electrons. The molecule has 0 fully saturated rings. The molecule has 0 spiro atoms. The van der Waals surface area contributed by atoms with Crippen LogP contribution in [0.2, 0.25) is 0 Å². The van der Waals surface area contributed by atoms with Crippen molar-refractivity contribution >= 4 is 11.6 Å². The number of hydrogen-bond donors (Lipinski definition) is 1. The molecule has 5 nitrogen and oxygen atoms in total. The number of nitrogens with one attached hydrogen (secondary N) is 1. The van der Waals surface area contributed by atoms with Gasteiger partial charge < -0.3 is 10.1 Å². The van der Waals surface area contributed by atoms with Gasteiger partial charge in [-0.25, -0.2) is 13.5 Å². The van der Waals surface area contributed by atoms with Crippen LogP contribution in [0.5, 0.6) is 5.75 Å². The molecule has 3 rings (SSSR count). The van der Waals surface area contributed by atoms with Crippen molar-refractivity contribution in [1.82, 2.24) is 9.78 Å². The second kappa shape index (κ2) is 7.12. The molecule has 25 heavy (non-hydrogen) atoms. The van der Waals surface area contributed by atoms with E-state index in [1.807, 2.05) is 0 Å². The van der Waals surface area contributed by atoms with Crippen LogP contribution in [-0.4, -0.2) is 15.7 Å². The van der Waals surface area contributed by atoms with Gasteiger partial charge in [-0.2, -0.15) is 5.10 Å². The summed E-state index contributed by atoms with van der Waals surface area (Å²) in [6, 6.07) is 11.9. The number of rotatable bonds is 5. The Bertz CT molecular complexity index is 909. The normalized spacial score (nSPS) is 10.5. The number of anilines is 1. The summed E-state index contributed by atoms with van der Waals surface area (Å²) in [7, 11) is 0. The van der Waals surface area contributed by atoms with Crippen LogP contribution in [0.3, 0.4) is 0 Å². The summed E-state index contributed by atoms with van der Waals surface area (Å²) < 4.78 is 33.7. The van der Waals surface area contributed by atoms with Crippen molar-refractivity contribution in [3.63, 3.8) is 0 Å². The van der Waals surface area contributed by atoms with Gasteiger partial charge >= 0.3 is 0 Å². The van der Waals surface area contributed by atoms with Crippen LogP contribution in [-0.2, 0) is 6.73 Å². The Morgan fingerprint density at radius 2 is 1.96 bits per heavy atom. The Balaban J connectivity index is 1.63. The van der Waals surface area contributed by atoms with Gasteiger partial charge in [0, 0.05) is 11.9 Å². The van der Waals surface area contributed by atoms with Crippen molar-refractivity contribution in [3.05, 3.63) is 77.6 Å². The van der Waals surface area contributed by atoms with E-state index >= 15 is 0 Å². The molecule has 0 saturated carbocycles. The number of ether oxygens (including phenoxy) is 1. The molecule has 1 amide bonds. The molecule has 0 saturated heterocycles. The zero-order chi connectivity index (χ0) is 17.8. The van der Waals surface area contributed by atoms with Crippen molar-refractivity contribution < 1.29 is 18.3 Å². The molecule has 0 bridgehead atoms. The van der Waals surface area contributed by atoms with Crippen molar-refractivity contribution in [2.24, 2.45) is 0 Å². The maximum atomic E-state index is 13.5. The SMILES string of the molecule is Cc1ccc(NC(=O)c2ccn(COc3ccccc3F)n2)cc1F. The second-order valence-corrected chi connectivity index (χ2v) is 5.36. The maximum absolute atomic E-state index is 13.5. The lowest BCUT2D eigenvalue weighted by Crippen LogP contribution is -2.14. The van der Waals surface area contributed by atoms with E-state index < -0.39 is 17.5 Å². The highest BCUT2D eigenvalue weighted by molar-refractivity contribution is 6.02. The molecule has 0 aliphatic heterocycles. The highest BCUT2D eigenvalue weighted by Crippen LogP contribution is 2.16. The van der Waals surface area contributed by atoms with Crippen molar-refractivity contribution in [1.29, 1.82) is 0 Å². The number of benzene rings is 2. The predicted molar refractivity (Wildman–Crippen MR) is 88.3 cm³/mol. The van der Waals surface area contributed by atoms with Gasteiger partial charge in [-0.1, -0.05) is 18.2 Å². The zero-order valence-electron chi connectivity index (χ0n) is 13.4.